The number of nitrogens with zero attached hydrogens (tertiary/aromatic N) is 1. The first kappa shape index (κ1) is 18.5. The smallest absolute Gasteiger partial charge is 0.345 e. The molecular formula is C22H20N2O3S. The maximum absolute atomic E-state index is 13.1. The molecule has 6 heteroatoms. The predicted molar refractivity (Wildman–Crippen MR) is 109 cm³/mol. The topological polar surface area (TPSA) is 72.6 Å². The van der Waals surface area contributed by atoms with Gasteiger partial charge in [0.25, 0.3) is 0 Å². The Balaban J connectivity index is 1.63. The zero-order valence-corrected chi connectivity index (χ0v) is 16.0. The molecule has 0 bridgehead atoms. The number of nitrogens with two attached hydrogens (primary N) is 1. The summed E-state index contributed by atoms with van der Waals surface area (Å²) in [7, 11) is 0. The lowest BCUT2D eigenvalue weighted by molar-refractivity contribution is -0.145. The van der Waals surface area contributed by atoms with Crippen LogP contribution >= 0.6 is 11.8 Å². The summed E-state index contributed by atoms with van der Waals surface area (Å²) in [5.74, 6) is -0.528. The first-order valence-electron chi connectivity index (χ1n) is 8.99. The van der Waals surface area contributed by atoms with Crippen LogP contribution in [0.15, 0.2) is 83.8 Å². The predicted octanol–water partition coefficient (Wildman–Crippen LogP) is 3.00. The number of hydrogen-bond donors (Lipinski definition) is 1. The van der Waals surface area contributed by atoms with Crippen LogP contribution in [0.5, 0.6) is 0 Å². The van der Waals surface area contributed by atoms with E-state index < -0.39 is 18.1 Å². The van der Waals surface area contributed by atoms with Crippen molar-refractivity contribution in [1.29, 1.82) is 0 Å². The SMILES string of the molecule is C=CC1=C(C(=O)OC(c2ccccc2)c2ccccc2)S[C@H]2[C@@H](N)C(=O)N2C1. The van der Waals surface area contributed by atoms with E-state index in [1.54, 1.807) is 11.0 Å². The maximum atomic E-state index is 13.1. The van der Waals surface area contributed by atoms with Crippen LogP contribution in [0.2, 0.25) is 0 Å². The van der Waals surface area contributed by atoms with Gasteiger partial charge in [0.15, 0.2) is 6.10 Å². The molecule has 1 fully saturated rings. The van der Waals surface area contributed by atoms with Gasteiger partial charge in [-0.15, -0.1) is 0 Å². The van der Waals surface area contributed by atoms with Gasteiger partial charge in [0.2, 0.25) is 5.91 Å². The van der Waals surface area contributed by atoms with E-state index in [-0.39, 0.29) is 11.3 Å². The van der Waals surface area contributed by atoms with Crippen molar-refractivity contribution in [1.82, 2.24) is 4.90 Å². The number of amides is 1. The normalized spacial score (nSPS) is 21.2. The molecule has 2 N–H and O–H groups in total. The molecule has 142 valence electrons. The van der Waals surface area contributed by atoms with E-state index in [0.29, 0.717) is 17.0 Å². The summed E-state index contributed by atoms with van der Waals surface area (Å²) >= 11 is 1.28. The number of thioether (sulfide) groups is 1. The second-order valence-electron chi connectivity index (χ2n) is 6.67. The molecule has 0 unspecified atom stereocenters. The Morgan fingerprint density at radius 1 is 1.14 bits per heavy atom. The summed E-state index contributed by atoms with van der Waals surface area (Å²) < 4.78 is 5.95. The lowest BCUT2D eigenvalue weighted by Gasteiger charge is -2.47. The molecule has 0 aromatic heterocycles. The lowest BCUT2D eigenvalue weighted by Crippen LogP contribution is -2.68. The Bertz CT molecular complexity index is 903. The number of hydrogen-bond acceptors (Lipinski definition) is 5. The van der Waals surface area contributed by atoms with E-state index in [9.17, 15) is 9.59 Å². The monoisotopic (exact) mass is 392 g/mol. The van der Waals surface area contributed by atoms with Gasteiger partial charge in [-0.1, -0.05) is 85.1 Å². The summed E-state index contributed by atoms with van der Waals surface area (Å²) in [5.41, 5.74) is 8.36. The fourth-order valence-electron chi connectivity index (χ4n) is 3.39. The first-order chi connectivity index (χ1) is 13.6. The van der Waals surface area contributed by atoms with E-state index in [0.717, 1.165) is 11.1 Å². The third-order valence-corrected chi connectivity index (χ3v) is 6.37. The molecule has 0 saturated carbocycles. The molecule has 2 aliphatic heterocycles. The largest absolute Gasteiger partial charge is 0.449 e. The molecule has 1 amide bonds. The third-order valence-electron chi connectivity index (χ3n) is 4.91. The second kappa shape index (κ2) is 7.66. The zero-order valence-electron chi connectivity index (χ0n) is 15.2. The second-order valence-corrected chi connectivity index (χ2v) is 7.79. The minimum absolute atomic E-state index is 0.101. The van der Waals surface area contributed by atoms with Crippen LogP contribution in [0.1, 0.15) is 17.2 Å². The van der Waals surface area contributed by atoms with Crippen LogP contribution in [0.4, 0.5) is 0 Å². The van der Waals surface area contributed by atoms with Gasteiger partial charge in [0.1, 0.15) is 11.4 Å². The molecule has 2 atom stereocenters. The van der Waals surface area contributed by atoms with Gasteiger partial charge in [0.05, 0.1) is 4.91 Å². The average Bonchev–Trinajstić information content (AvgIpc) is 2.76. The standard InChI is InChI=1S/C22H20N2O3S/c1-2-14-13-24-20(25)17(23)21(24)28-19(14)22(26)27-18(15-9-5-3-6-10-15)16-11-7-4-8-12-16/h2-12,17-18,21H,1,13,23H2/t17-,21-/m0/s1. The highest BCUT2D eigenvalue weighted by Crippen LogP contribution is 2.42. The highest BCUT2D eigenvalue weighted by atomic mass is 32.2. The Kier molecular flexibility index (Phi) is 5.07. The number of rotatable bonds is 5. The van der Waals surface area contributed by atoms with Crippen molar-refractivity contribution in [3.63, 3.8) is 0 Å². The van der Waals surface area contributed by atoms with Crippen LogP contribution in [0, 0.1) is 0 Å². The van der Waals surface area contributed by atoms with E-state index in [4.69, 9.17) is 10.5 Å². The Hall–Kier alpha value is -2.83. The van der Waals surface area contributed by atoms with E-state index >= 15 is 0 Å². The number of carbonyl (C=O) groups excluding carboxylic acids is 2. The Labute approximate surface area is 167 Å². The summed E-state index contributed by atoms with van der Waals surface area (Å²) in [5, 5.41) is -0.231. The highest BCUT2D eigenvalue weighted by Gasteiger charge is 2.49. The van der Waals surface area contributed by atoms with E-state index in [1.807, 2.05) is 60.7 Å². The first-order valence-corrected chi connectivity index (χ1v) is 9.87. The van der Waals surface area contributed by atoms with Gasteiger partial charge >= 0.3 is 5.97 Å². The maximum Gasteiger partial charge on any atom is 0.345 e. The average molecular weight is 392 g/mol. The molecule has 0 radical (unpaired) electrons. The molecule has 0 spiro atoms. The molecular weight excluding hydrogens is 372 g/mol. The number of ether oxygens (including phenoxy) is 1. The fraction of sp³-hybridized carbons (Fsp3) is 0.182. The summed E-state index contributed by atoms with van der Waals surface area (Å²) in [6, 6.07) is 18.7. The molecule has 5 nitrogen and oxygen atoms in total. The van der Waals surface area contributed by atoms with Crippen molar-refractivity contribution in [2.24, 2.45) is 5.73 Å². The van der Waals surface area contributed by atoms with Gasteiger partial charge in [-0.25, -0.2) is 4.79 Å². The van der Waals surface area contributed by atoms with E-state index in [1.165, 1.54) is 11.8 Å². The minimum atomic E-state index is -0.585. The molecule has 2 aliphatic rings. The van der Waals surface area contributed by atoms with Crippen LogP contribution in [0.3, 0.4) is 0 Å². The number of fused-ring (bicyclic) bond motifs is 1. The fourth-order valence-corrected chi connectivity index (χ4v) is 4.64. The van der Waals surface area contributed by atoms with Gasteiger partial charge in [0, 0.05) is 6.54 Å². The van der Waals surface area contributed by atoms with Crippen LogP contribution in [0.25, 0.3) is 0 Å². The van der Waals surface area contributed by atoms with Gasteiger partial charge < -0.3 is 15.4 Å². The van der Waals surface area contributed by atoms with Gasteiger partial charge in [-0.05, 0) is 16.7 Å². The highest BCUT2D eigenvalue weighted by molar-refractivity contribution is 8.04. The molecule has 1 saturated heterocycles. The number of benzene rings is 2. The molecule has 2 aromatic carbocycles. The Morgan fingerprint density at radius 3 is 2.25 bits per heavy atom. The Morgan fingerprint density at radius 2 is 1.71 bits per heavy atom. The molecule has 4 rings (SSSR count). The van der Waals surface area contributed by atoms with Crippen molar-refractivity contribution in [3.8, 4) is 0 Å². The quantitative estimate of drug-likeness (QED) is 0.626. The summed E-state index contributed by atoms with van der Waals surface area (Å²) in [4.78, 5) is 27.1. The van der Waals surface area contributed by atoms with E-state index in [2.05, 4.69) is 6.58 Å². The summed E-state index contributed by atoms with van der Waals surface area (Å²) in [6.07, 6.45) is 1.08. The molecule has 0 aliphatic carbocycles. The summed E-state index contributed by atoms with van der Waals surface area (Å²) in [6.45, 7) is 4.12. The zero-order chi connectivity index (χ0) is 19.7. The van der Waals surface area contributed by atoms with Crippen molar-refractivity contribution in [2.75, 3.05) is 6.54 Å². The van der Waals surface area contributed by atoms with Crippen molar-refractivity contribution < 1.29 is 14.3 Å². The lowest BCUT2D eigenvalue weighted by atomic mass is 10.0. The minimum Gasteiger partial charge on any atom is -0.449 e. The number of β-lactam (4-membered cyclic amide) rings is 1. The molecule has 2 aromatic rings. The van der Waals surface area contributed by atoms with Gasteiger partial charge in [-0.2, -0.15) is 0 Å². The number of esters is 1. The van der Waals surface area contributed by atoms with Crippen molar-refractivity contribution >= 4 is 23.6 Å². The number of carbonyl (C=O) groups is 2. The third kappa shape index (κ3) is 3.25. The molecule has 28 heavy (non-hydrogen) atoms. The van der Waals surface area contributed by atoms with Crippen LogP contribution < -0.4 is 5.73 Å². The van der Waals surface area contributed by atoms with Crippen LogP contribution in [-0.4, -0.2) is 34.7 Å². The van der Waals surface area contributed by atoms with Crippen molar-refractivity contribution in [2.45, 2.75) is 17.5 Å². The molecule has 2 heterocycles. The van der Waals surface area contributed by atoms with Gasteiger partial charge in [-0.3, -0.25) is 4.79 Å². The van der Waals surface area contributed by atoms with Crippen molar-refractivity contribution in [3.05, 3.63) is 94.9 Å². The van der Waals surface area contributed by atoms with Crippen LogP contribution in [-0.2, 0) is 14.3 Å².